The summed E-state index contributed by atoms with van der Waals surface area (Å²) in [4.78, 5) is 11.5. The average Bonchev–Trinajstić information content (AvgIpc) is 2.76. The zero-order chi connectivity index (χ0) is 13.4. The van der Waals surface area contributed by atoms with Crippen molar-refractivity contribution in [3.05, 3.63) is 51.8 Å². The van der Waals surface area contributed by atoms with Gasteiger partial charge in [0.1, 0.15) is 6.07 Å². The molecule has 0 spiro atoms. The first-order valence-corrected chi connectivity index (χ1v) is 6.47. The van der Waals surface area contributed by atoms with E-state index in [2.05, 4.69) is 27.1 Å². The van der Waals surface area contributed by atoms with Crippen molar-refractivity contribution in [2.75, 3.05) is 0 Å². The van der Waals surface area contributed by atoms with E-state index < -0.39 is 0 Å². The normalized spacial score (nSPS) is 13.2. The molecule has 0 N–H and O–H groups in total. The Bertz CT molecular complexity index is 753. The Morgan fingerprint density at radius 1 is 1.37 bits per heavy atom. The number of carbonyl (C=O) groups is 1. The Labute approximate surface area is 118 Å². The molecule has 0 bridgehead atoms. The minimum Gasteiger partial charge on any atom is -0.294 e. The maximum atomic E-state index is 11.5. The molecule has 0 saturated heterocycles. The second-order valence-corrected chi connectivity index (χ2v) is 5.11. The third-order valence-corrected chi connectivity index (χ3v) is 3.45. The summed E-state index contributed by atoms with van der Waals surface area (Å²) in [6.07, 6.45) is 3.48. The lowest BCUT2D eigenvalue weighted by Gasteiger charge is -2.08. The largest absolute Gasteiger partial charge is 0.294 e. The quantitative estimate of drug-likeness (QED) is 0.813. The van der Waals surface area contributed by atoms with E-state index in [9.17, 15) is 4.79 Å². The molecular formula is C14H8BrN3O. The molecule has 1 aromatic heterocycles. The third-order valence-electron chi connectivity index (χ3n) is 2.96. The van der Waals surface area contributed by atoms with Crippen LogP contribution in [0.1, 0.15) is 17.0 Å². The number of benzene rings is 1. The van der Waals surface area contributed by atoms with Gasteiger partial charge in [-0.15, -0.1) is 0 Å². The number of nitrogens with zero attached hydrogens (tertiary/aromatic N) is 3. The van der Waals surface area contributed by atoms with Crippen LogP contribution in [0.15, 0.2) is 34.8 Å². The topological polar surface area (TPSA) is 58.7 Å². The summed E-state index contributed by atoms with van der Waals surface area (Å²) in [7, 11) is 0. The summed E-state index contributed by atoms with van der Waals surface area (Å²) in [5, 5.41) is 13.4. The number of ketones is 1. The lowest BCUT2D eigenvalue weighted by atomic mass is 10.0. The molecule has 0 amide bonds. The maximum Gasteiger partial charge on any atom is 0.167 e. The smallest absolute Gasteiger partial charge is 0.167 e. The molecule has 1 heterocycles. The molecule has 0 aliphatic heterocycles. The molecule has 5 heteroatoms. The molecule has 1 aliphatic carbocycles. The minimum atomic E-state index is -0.00204. The van der Waals surface area contributed by atoms with Crippen LogP contribution in [0.25, 0.3) is 11.8 Å². The fraction of sp³-hybridized carbons (Fsp3) is 0.0714. The molecule has 3 rings (SSSR count). The summed E-state index contributed by atoms with van der Waals surface area (Å²) in [5.41, 5.74) is 2.67. The van der Waals surface area contributed by atoms with Crippen molar-refractivity contribution in [1.29, 1.82) is 5.26 Å². The molecule has 19 heavy (non-hydrogen) atoms. The van der Waals surface area contributed by atoms with E-state index in [0.29, 0.717) is 11.3 Å². The van der Waals surface area contributed by atoms with Crippen molar-refractivity contribution in [2.24, 2.45) is 0 Å². The molecule has 0 fully saturated rings. The monoisotopic (exact) mass is 313 g/mol. The highest BCUT2D eigenvalue weighted by atomic mass is 79.9. The minimum absolute atomic E-state index is 0.00204. The Morgan fingerprint density at radius 2 is 2.21 bits per heavy atom. The zero-order valence-corrected chi connectivity index (χ0v) is 11.4. The molecular weight excluding hydrogens is 306 g/mol. The number of carbonyl (C=O) groups excluding carboxylic acids is 1. The van der Waals surface area contributed by atoms with Gasteiger partial charge in [-0.25, -0.2) is 4.68 Å². The van der Waals surface area contributed by atoms with Crippen molar-refractivity contribution in [3.8, 4) is 11.8 Å². The highest BCUT2D eigenvalue weighted by Gasteiger charge is 2.21. The van der Waals surface area contributed by atoms with Gasteiger partial charge in [0.25, 0.3) is 0 Å². The SMILES string of the molecule is N#Cc1nn(-c2cccc(Br)c2)c2c1CC(=O)C=C2. The summed E-state index contributed by atoms with van der Waals surface area (Å²) in [5.74, 6) is -0.00204. The fourth-order valence-electron chi connectivity index (χ4n) is 2.11. The number of rotatable bonds is 1. The molecule has 2 aromatic rings. The summed E-state index contributed by atoms with van der Waals surface area (Å²) in [6.45, 7) is 0. The third kappa shape index (κ3) is 2.00. The van der Waals surface area contributed by atoms with E-state index in [4.69, 9.17) is 5.26 Å². The molecule has 1 aliphatic rings. The predicted molar refractivity (Wildman–Crippen MR) is 73.7 cm³/mol. The van der Waals surface area contributed by atoms with Crippen LogP contribution in [-0.2, 0) is 11.2 Å². The second-order valence-electron chi connectivity index (χ2n) is 4.19. The van der Waals surface area contributed by atoms with Gasteiger partial charge in [0, 0.05) is 16.5 Å². The molecule has 92 valence electrons. The van der Waals surface area contributed by atoms with Gasteiger partial charge in [0.2, 0.25) is 0 Å². The van der Waals surface area contributed by atoms with Crippen LogP contribution in [0.5, 0.6) is 0 Å². The molecule has 0 atom stereocenters. The number of aromatic nitrogens is 2. The molecule has 0 radical (unpaired) electrons. The Hall–Kier alpha value is -2.19. The molecule has 0 unspecified atom stereocenters. The van der Waals surface area contributed by atoms with E-state index in [0.717, 1.165) is 15.9 Å². The standard InChI is InChI=1S/C14H8BrN3O/c15-9-2-1-3-10(6-9)18-14-5-4-11(19)7-12(14)13(8-16)17-18/h1-6H,7H2. The highest BCUT2D eigenvalue weighted by molar-refractivity contribution is 9.10. The van der Waals surface area contributed by atoms with E-state index in [1.807, 2.05) is 24.3 Å². The average molecular weight is 314 g/mol. The number of hydrogen-bond donors (Lipinski definition) is 0. The van der Waals surface area contributed by atoms with Crippen LogP contribution in [0.4, 0.5) is 0 Å². The maximum absolute atomic E-state index is 11.5. The number of allylic oxidation sites excluding steroid dienone is 1. The van der Waals surface area contributed by atoms with Crippen LogP contribution in [0, 0.1) is 11.3 Å². The predicted octanol–water partition coefficient (Wildman–Crippen LogP) is 2.64. The van der Waals surface area contributed by atoms with Gasteiger partial charge in [-0.05, 0) is 30.4 Å². The number of hydrogen-bond acceptors (Lipinski definition) is 3. The molecule has 4 nitrogen and oxygen atoms in total. The lowest BCUT2D eigenvalue weighted by Crippen LogP contribution is -2.07. The fourth-order valence-corrected chi connectivity index (χ4v) is 2.50. The van der Waals surface area contributed by atoms with Gasteiger partial charge in [0.05, 0.1) is 11.4 Å². The van der Waals surface area contributed by atoms with E-state index in [1.54, 1.807) is 10.8 Å². The second kappa shape index (κ2) is 4.48. The van der Waals surface area contributed by atoms with E-state index in [1.165, 1.54) is 6.08 Å². The number of fused-ring (bicyclic) bond motifs is 1. The van der Waals surface area contributed by atoms with Crippen LogP contribution in [-0.4, -0.2) is 15.6 Å². The van der Waals surface area contributed by atoms with Crippen LogP contribution in [0.2, 0.25) is 0 Å². The summed E-state index contributed by atoms with van der Waals surface area (Å²) >= 11 is 3.41. The lowest BCUT2D eigenvalue weighted by molar-refractivity contribution is -0.114. The van der Waals surface area contributed by atoms with Gasteiger partial charge in [-0.1, -0.05) is 22.0 Å². The first-order valence-electron chi connectivity index (χ1n) is 5.68. The first kappa shape index (κ1) is 11.9. The van der Waals surface area contributed by atoms with E-state index in [-0.39, 0.29) is 12.2 Å². The van der Waals surface area contributed by atoms with Gasteiger partial charge < -0.3 is 0 Å². The summed E-state index contributed by atoms with van der Waals surface area (Å²) in [6, 6.07) is 9.69. The van der Waals surface area contributed by atoms with Crippen molar-refractivity contribution in [2.45, 2.75) is 6.42 Å². The van der Waals surface area contributed by atoms with Crippen molar-refractivity contribution in [1.82, 2.24) is 9.78 Å². The van der Waals surface area contributed by atoms with Crippen LogP contribution >= 0.6 is 15.9 Å². The van der Waals surface area contributed by atoms with E-state index >= 15 is 0 Å². The highest BCUT2D eigenvalue weighted by Crippen LogP contribution is 2.25. The van der Waals surface area contributed by atoms with Crippen molar-refractivity contribution >= 4 is 27.8 Å². The van der Waals surface area contributed by atoms with Crippen molar-refractivity contribution in [3.63, 3.8) is 0 Å². The molecule has 0 saturated carbocycles. The van der Waals surface area contributed by atoms with Crippen LogP contribution < -0.4 is 0 Å². The van der Waals surface area contributed by atoms with Crippen molar-refractivity contribution < 1.29 is 4.79 Å². The Balaban J connectivity index is 2.23. The van der Waals surface area contributed by atoms with Crippen LogP contribution in [0.3, 0.4) is 0 Å². The zero-order valence-electron chi connectivity index (χ0n) is 9.80. The molecule has 1 aromatic carbocycles. The van der Waals surface area contributed by atoms with Gasteiger partial charge in [-0.2, -0.15) is 10.4 Å². The number of halogens is 1. The number of nitriles is 1. The van der Waals surface area contributed by atoms with Gasteiger partial charge in [0.15, 0.2) is 11.5 Å². The first-order chi connectivity index (χ1) is 9.19. The van der Waals surface area contributed by atoms with Gasteiger partial charge in [-0.3, -0.25) is 4.79 Å². The Kier molecular flexibility index (Phi) is 2.80. The Morgan fingerprint density at radius 3 is 2.95 bits per heavy atom. The summed E-state index contributed by atoms with van der Waals surface area (Å²) < 4.78 is 2.63. The van der Waals surface area contributed by atoms with Gasteiger partial charge >= 0.3 is 0 Å².